The summed E-state index contributed by atoms with van der Waals surface area (Å²) in [5.74, 6) is 0. The molecule has 5 nitrogen and oxygen atoms in total. The largest absolute Gasteiger partial charge is 0.362 e. The second-order valence-electron chi connectivity index (χ2n) is 5.49. The lowest BCUT2D eigenvalue weighted by Crippen LogP contribution is -2.37. The summed E-state index contributed by atoms with van der Waals surface area (Å²) in [7, 11) is 1.53. The van der Waals surface area contributed by atoms with Crippen LogP contribution in [0.5, 0.6) is 0 Å². The highest BCUT2D eigenvalue weighted by Crippen LogP contribution is 2.47. The maximum Gasteiger partial charge on any atom is 0.255 e. The van der Waals surface area contributed by atoms with E-state index >= 15 is 0 Å². The maximum absolute atomic E-state index is 11.4. The molecule has 5 heteroatoms. The minimum Gasteiger partial charge on any atom is -0.362 e. The van der Waals surface area contributed by atoms with Gasteiger partial charge in [-0.1, -0.05) is 0 Å². The van der Waals surface area contributed by atoms with Crippen LogP contribution < -0.4 is 0 Å². The van der Waals surface area contributed by atoms with Crippen LogP contribution in [-0.4, -0.2) is 28.0 Å². The number of fused-ring (bicyclic) bond motifs is 4. The summed E-state index contributed by atoms with van der Waals surface area (Å²) in [4.78, 5) is 15.7. The topological polar surface area (TPSA) is 47.1 Å². The molecule has 0 bridgehead atoms. The van der Waals surface area contributed by atoms with Crippen molar-refractivity contribution < 1.29 is 9.50 Å². The number of aromatic nitrogens is 2. The van der Waals surface area contributed by atoms with Crippen LogP contribution in [0.15, 0.2) is 30.7 Å². The van der Waals surface area contributed by atoms with Crippen molar-refractivity contribution in [1.29, 1.82) is 0 Å². The lowest BCUT2D eigenvalue weighted by molar-refractivity contribution is -0.428. The van der Waals surface area contributed by atoms with Crippen molar-refractivity contribution in [1.82, 2.24) is 9.55 Å². The zero-order valence-electron chi connectivity index (χ0n) is 11.4. The molecule has 0 radical (unpaired) electrons. The van der Waals surface area contributed by atoms with E-state index in [9.17, 15) is 4.91 Å². The molecule has 1 aromatic carbocycles. The number of nitroso groups, excluding NO2 is 1. The minimum atomic E-state index is -0.371. The average Bonchev–Trinajstić information content (AvgIpc) is 3.05. The summed E-state index contributed by atoms with van der Waals surface area (Å²) in [6, 6.07) is 5.89. The number of aryl methyl sites for hydroxylation is 1. The molecular weight excluding hydrogens is 254 g/mol. The van der Waals surface area contributed by atoms with E-state index in [1.54, 1.807) is 0 Å². The SMILES string of the molecule is C[N+](=O)c1ccc2c(c1)CCC21OCCn2cncc21. The second kappa shape index (κ2) is 3.99. The Bertz CT molecular complexity index is 707. The lowest BCUT2D eigenvalue weighted by Gasteiger charge is -2.35. The van der Waals surface area contributed by atoms with Gasteiger partial charge in [0.15, 0.2) is 7.05 Å². The first-order valence-electron chi connectivity index (χ1n) is 6.89. The zero-order chi connectivity index (χ0) is 13.7. The first-order valence-corrected chi connectivity index (χ1v) is 6.89. The van der Waals surface area contributed by atoms with Crippen LogP contribution in [0.1, 0.15) is 23.2 Å². The number of nitrogens with zero attached hydrogens (tertiary/aromatic N) is 3. The fraction of sp³-hybridized carbons (Fsp3) is 0.400. The molecule has 2 aliphatic rings. The van der Waals surface area contributed by atoms with E-state index in [0.717, 1.165) is 29.8 Å². The first kappa shape index (κ1) is 11.8. The molecule has 0 fully saturated rings. The molecule has 1 atom stereocenters. The lowest BCUT2D eigenvalue weighted by atomic mass is 9.91. The molecular formula is C15H16N3O2+. The Labute approximate surface area is 116 Å². The van der Waals surface area contributed by atoms with E-state index in [0.29, 0.717) is 12.3 Å². The fourth-order valence-corrected chi connectivity index (χ4v) is 3.47. The summed E-state index contributed by atoms with van der Waals surface area (Å²) in [5, 5.41) is 0. The van der Waals surface area contributed by atoms with Gasteiger partial charge in [0, 0.05) is 28.3 Å². The molecule has 2 heterocycles. The normalized spacial score (nSPS) is 23.6. The number of ether oxygens (including phenoxy) is 1. The van der Waals surface area contributed by atoms with Gasteiger partial charge in [-0.3, -0.25) is 0 Å². The highest BCUT2D eigenvalue weighted by molar-refractivity contribution is 5.49. The highest BCUT2D eigenvalue weighted by Gasteiger charge is 2.45. The molecule has 1 aromatic heterocycles. The minimum absolute atomic E-state index is 0.371. The standard InChI is InChI=1S/C15H16N3O2/c1-17(19)12-2-3-13-11(8-12)4-5-15(13)14-9-16-10-18(14)6-7-20-15/h2-3,8-10H,4-7H2,1H3/q+1. The number of imidazole rings is 1. The quantitative estimate of drug-likeness (QED) is 0.746. The Kier molecular flexibility index (Phi) is 2.35. The Hall–Kier alpha value is -2.01. The number of benzene rings is 1. The predicted octanol–water partition coefficient (Wildman–Crippen LogP) is 2.14. The van der Waals surface area contributed by atoms with Crippen LogP contribution in [0, 0.1) is 4.91 Å². The summed E-state index contributed by atoms with van der Waals surface area (Å²) in [6.45, 7) is 1.56. The van der Waals surface area contributed by atoms with Gasteiger partial charge in [-0.2, -0.15) is 0 Å². The molecule has 20 heavy (non-hydrogen) atoms. The van der Waals surface area contributed by atoms with Crippen molar-refractivity contribution in [3.8, 4) is 0 Å². The van der Waals surface area contributed by atoms with Crippen molar-refractivity contribution in [3.05, 3.63) is 52.5 Å². The summed E-state index contributed by atoms with van der Waals surface area (Å²) in [6.07, 6.45) is 5.63. The summed E-state index contributed by atoms with van der Waals surface area (Å²) >= 11 is 0. The summed E-state index contributed by atoms with van der Waals surface area (Å²) < 4.78 is 9.26. The number of hydrogen-bond donors (Lipinski definition) is 0. The molecule has 0 saturated heterocycles. The van der Waals surface area contributed by atoms with Gasteiger partial charge >= 0.3 is 0 Å². The van der Waals surface area contributed by atoms with E-state index in [-0.39, 0.29) is 5.60 Å². The monoisotopic (exact) mass is 270 g/mol. The van der Waals surface area contributed by atoms with Gasteiger partial charge in [-0.15, -0.1) is 0 Å². The average molecular weight is 270 g/mol. The number of rotatable bonds is 1. The van der Waals surface area contributed by atoms with Crippen LogP contribution in [-0.2, 0) is 23.3 Å². The third-order valence-corrected chi connectivity index (χ3v) is 4.44. The maximum atomic E-state index is 11.4. The fourth-order valence-electron chi connectivity index (χ4n) is 3.47. The second-order valence-corrected chi connectivity index (χ2v) is 5.49. The molecule has 0 saturated carbocycles. The Morgan fingerprint density at radius 3 is 3.20 bits per heavy atom. The smallest absolute Gasteiger partial charge is 0.255 e. The van der Waals surface area contributed by atoms with Gasteiger partial charge in [-0.25, -0.2) is 4.98 Å². The van der Waals surface area contributed by atoms with Gasteiger partial charge in [0.2, 0.25) is 0 Å². The Morgan fingerprint density at radius 2 is 2.35 bits per heavy atom. The highest BCUT2D eigenvalue weighted by atomic mass is 16.5. The van der Waals surface area contributed by atoms with E-state index < -0.39 is 0 Å². The molecule has 1 unspecified atom stereocenters. The van der Waals surface area contributed by atoms with Crippen molar-refractivity contribution >= 4 is 5.69 Å². The van der Waals surface area contributed by atoms with Crippen molar-refractivity contribution in [2.45, 2.75) is 25.0 Å². The van der Waals surface area contributed by atoms with Crippen LogP contribution in [0.4, 0.5) is 5.69 Å². The van der Waals surface area contributed by atoms with Crippen LogP contribution in [0.25, 0.3) is 0 Å². The summed E-state index contributed by atoms with van der Waals surface area (Å²) in [5.41, 5.74) is 3.85. The first-order chi connectivity index (χ1) is 9.71. The third-order valence-electron chi connectivity index (χ3n) is 4.44. The molecule has 0 N–H and O–H groups in total. The predicted molar refractivity (Wildman–Crippen MR) is 72.9 cm³/mol. The Morgan fingerprint density at radius 1 is 1.45 bits per heavy atom. The van der Waals surface area contributed by atoms with Crippen molar-refractivity contribution in [3.63, 3.8) is 0 Å². The van der Waals surface area contributed by atoms with E-state index in [1.807, 2.05) is 30.7 Å². The van der Waals surface area contributed by atoms with Gasteiger partial charge in [0.05, 0.1) is 24.8 Å². The molecule has 102 valence electrons. The van der Waals surface area contributed by atoms with Crippen LogP contribution >= 0.6 is 0 Å². The third kappa shape index (κ3) is 1.44. The van der Waals surface area contributed by atoms with E-state index in [2.05, 4.69) is 9.55 Å². The van der Waals surface area contributed by atoms with Crippen LogP contribution in [0.3, 0.4) is 0 Å². The Balaban J connectivity index is 1.88. The van der Waals surface area contributed by atoms with Gasteiger partial charge in [0.25, 0.3) is 5.69 Å². The molecule has 4 rings (SSSR count). The zero-order valence-corrected chi connectivity index (χ0v) is 11.4. The van der Waals surface area contributed by atoms with E-state index in [1.165, 1.54) is 18.2 Å². The molecule has 1 aliphatic heterocycles. The molecule has 2 aromatic rings. The number of hydrogen-bond acceptors (Lipinski definition) is 3. The van der Waals surface area contributed by atoms with Gasteiger partial charge < -0.3 is 9.30 Å². The van der Waals surface area contributed by atoms with Crippen molar-refractivity contribution in [2.24, 2.45) is 0 Å². The van der Waals surface area contributed by atoms with Crippen LogP contribution in [0.2, 0.25) is 0 Å². The molecule has 1 spiro atoms. The van der Waals surface area contributed by atoms with E-state index in [4.69, 9.17) is 4.74 Å². The van der Waals surface area contributed by atoms with Crippen molar-refractivity contribution in [2.75, 3.05) is 13.7 Å². The van der Waals surface area contributed by atoms with Gasteiger partial charge in [0.1, 0.15) is 5.60 Å². The van der Waals surface area contributed by atoms with Gasteiger partial charge in [-0.05, 0) is 30.0 Å². The molecule has 0 amide bonds. The molecule has 1 aliphatic carbocycles.